The molecule has 4 heteroatoms. The number of aryl methyl sites for hydroxylation is 8. The molecule has 72 heavy (non-hydrogen) atoms. The van der Waals surface area contributed by atoms with Gasteiger partial charge in [0.25, 0.3) is 0 Å². The Morgan fingerprint density at radius 3 is 1.07 bits per heavy atom. The van der Waals surface area contributed by atoms with E-state index in [1.165, 1.54) is 89.0 Å². The van der Waals surface area contributed by atoms with E-state index in [0.717, 1.165) is 66.2 Å². The van der Waals surface area contributed by atoms with Crippen molar-refractivity contribution < 1.29 is 0 Å². The zero-order valence-corrected chi connectivity index (χ0v) is 42.1. The fraction of sp³-hybridized carbons (Fsp3) is 0.118. The van der Waals surface area contributed by atoms with Gasteiger partial charge in [0.2, 0.25) is 0 Å². The van der Waals surface area contributed by atoms with E-state index in [1.54, 1.807) is 0 Å². The lowest BCUT2D eigenvalue weighted by molar-refractivity contribution is 1.06. The van der Waals surface area contributed by atoms with Crippen LogP contribution in [0.3, 0.4) is 0 Å². The standard InChI is InChI=1S/C68H54N4/c1-40-13-21-53(44(5)29-40)48-17-25-63-58(33-48)59-34-49(54-22-14-41(2)30-45(54)6)18-26-64(59)71(63)67-39-70-68(37-62(67)57-12-10-9-11-52(57)38-69)72-65-27-19-50(55-23-15-42(3)31-46(55)7)35-60(65)61-36-51(20-28-66(61)72)56-24-16-43(4)32-47(56)8/h9-37,39H,1-8H3. The number of rotatable bonds is 7. The van der Waals surface area contributed by atoms with Crippen molar-refractivity contribution in [3.8, 4) is 73.2 Å². The molecule has 0 radical (unpaired) electrons. The average Bonchev–Trinajstić information content (AvgIpc) is 3.87. The van der Waals surface area contributed by atoms with E-state index >= 15 is 0 Å². The summed E-state index contributed by atoms with van der Waals surface area (Å²) in [6.07, 6.45) is 2.03. The number of pyridine rings is 1. The number of aromatic nitrogens is 3. The summed E-state index contributed by atoms with van der Waals surface area (Å²) in [4.78, 5) is 5.47. The van der Waals surface area contributed by atoms with Crippen molar-refractivity contribution in [2.24, 2.45) is 0 Å². The Kier molecular flexibility index (Phi) is 10.7. The molecule has 3 aromatic heterocycles. The number of benzene rings is 9. The molecule has 9 aromatic carbocycles. The maximum Gasteiger partial charge on any atom is 0.138 e. The Morgan fingerprint density at radius 2 is 0.708 bits per heavy atom. The van der Waals surface area contributed by atoms with Crippen LogP contribution in [0.25, 0.3) is 111 Å². The molecule has 4 nitrogen and oxygen atoms in total. The fourth-order valence-electron chi connectivity index (χ4n) is 11.5. The van der Waals surface area contributed by atoms with Crippen LogP contribution in [-0.2, 0) is 0 Å². The Labute approximate surface area is 421 Å². The molecule has 0 saturated heterocycles. The second kappa shape index (κ2) is 17.3. The second-order valence-electron chi connectivity index (χ2n) is 20.1. The van der Waals surface area contributed by atoms with Crippen molar-refractivity contribution in [2.45, 2.75) is 55.4 Å². The zero-order chi connectivity index (χ0) is 49.5. The smallest absolute Gasteiger partial charge is 0.138 e. The SMILES string of the molecule is Cc1ccc(-c2ccc3c(c2)c2cc(-c4ccc(C)cc4C)ccc2n3-c2cc(-c3ccccc3C#N)c(-n3c4ccc(-c5ccc(C)cc5C)cc4c4cc(-c5ccc(C)cc5C)ccc43)cn2)c(C)c1. The minimum absolute atomic E-state index is 0.601. The first-order chi connectivity index (χ1) is 34.9. The van der Waals surface area contributed by atoms with E-state index in [9.17, 15) is 5.26 Å². The highest BCUT2D eigenvalue weighted by molar-refractivity contribution is 6.13. The molecule has 0 atom stereocenters. The van der Waals surface area contributed by atoms with Gasteiger partial charge in [0.1, 0.15) is 5.82 Å². The molecule has 0 saturated carbocycles. The van der Waals surface area contributed by atoms with Crippen LogP contribution >= 0.6 is 0 Å². The third kappa shape index (κ3) is 7.40. The monoisotopic (exact) mass is 926 g/mol. The summed E-state index contributed by atoms with van der Waals surface area (Å²) >= 11 is 0. The zero-order valence-electron chi connectivity index (χ0n) is 42.1. The molecule has 12 rings (SSSR count). The largest absolute Gasteiger partial charge is 0.307 e. The molecule has 0 N–H and O–H groups in total. The van der Waals surface area contributed by atoms with Crippen LogP contribution in [0.15, 0.2) is 182 Å². The van der Waals surface area contributed by atoms with Crippen LogP contribution in [-0.4, -0.2) is 14.1 Å². The predicted octanol–water partition coefficient (Wildman–Crippen LogP) is 17.9. The molecule has 0 aliphatic carbocycles. The Morgan fingerprint density at radius 1 is 0.347 bits per heavy atom. The normalized spacial score (nSPS) is 11.6. The number of nitrogens with zero attached hydrogens (tertiary/aromatic N) is 4. The average molecular weight is 927 g/mol. The van der Waals surface area contributed by atoms with Gasteiger partial charge in [-0.3, -0.25) is 4.57 Å². The van der Waals surface area contributed by atoms with E-state index in [-0.39, 0.29) is 0 Å². The molecule has 0 aliphatic rings. The van der Waals surface area contributed by atoms with E-state index in [4.69, 9.17) is 4.98 Å². The van der Waals surface area contributed by atoms with E-state index in [2.05, 4.69) is 228 Å². The molecule has 0 fully saturated rings. The van der Waals surface area contributed by atoms with Crippen LogP contribution in [0.2, 0.25) is 0 Å². The lowest BCUT2D eigenvalue weighted by Crippen LogP contribution is -2.04. The minimum Gasteiger partial charge on any atom is -0.307 e. The molecule has 0 spiro atoms. The number of nitriles is 1. The lowest BCUT2D eigenvalue weighted by atomic mass is 9.95. The second-order valence-corrected chi connectivity index (χ2v) is 20.1. The van der Waals surface area contributed by atoms with Crippen LogP contribution < -0.4 is 0 Å². The molecule has 346 valence electrons. The van der Waals surface area contributed by atoms with Crippen molar-refractivity contribution >= 4 is 43.6 Å². The van der Waals surface area contributed by atoms with Gasteiger partial charge in [-0.25, -0.2) is 4.98 Å². The van der Waals surface area contributed by atoms with E-state index < -0.39 is 0 Å². The molecule has 0 amide bonds. The molecular formula is C68H54N4. The molecular weight excluding hydrogens is 873 g/mol. The Hall–Kier alpha value is -8.78. The molecule has 0 bridgehead atoms. The molecule has 3 heterocycles. The predicted molar refractivity (Wildman–Crippen MR) is 303 cm³/mol. The van der Waals surface area contributed by atoms with Crippen molar-refractivity contribution in [3.63, 3.8) is 0 Å². The van der Waals surface area contributed by atoms with Gasteiger partial charge in [0.05, 0.1) is 45.6 Å². The van der Waals surface area contributed by atoms with Crippen molar-refractivity contribution in [1.29, 1.82) is 5.26 Å². The number of hydrogen-bond acceptors (Lipinski definition) is 2. The van der Waals surface area contributed by atoms with Gasteiger partial charge < -0.3 is 4.57 Å². The van der Waals surface area contributed by atoms with E-state index in [0.29, 0.717) is 5.56 Å². The van der Waals surface area contributed by atoms with Crippen molar-refractivity contribution in [2.75, 3.05) is 0 Å². The summed E-state index contributed by atoms with van der Waals surface area (Å²) in [6.45, 7) is 17.4. The first-order valence-electron chi connectivity index (χ1n) is 24.9. The number of fused-ring (bicyclic) bond motifs is 6. The summed E-state index contributed by atoms with van der Waals surface area (Å²) in [5.41, 5.74) is 27.1. The van der Waals surface area contributed by atoms with E-state index in [1.807, 2.05) is 24.4 Å². The van der Waals surface area contributed by atoms with Crippen LogP contribution in [0.1, 0.15) is 50.1 Å². The van der Waals surface area contributed by atoms with Gasteiger partial charge in [-0.2, -0.15) is 5.26 Å². The summed E-state index contributed by atoms with van der Waals surface area (Å²) < 4.78 is 4.67. The van der Waals surface area contributed by atoms with Gasteiger partial charge in [-0.05, 0) is 183 Å². The maximum absolute atomic E-state index is 10.8. The van der Waals surface area contributed by atoms with Crippen LogP contribution in [0.4, 0.5) is 0 Å². The molecule has 0 unspecified atom stereocenters. The third-order valence-electron chi connectivity index (χ3n) is 15.0. The van der Waals surface area contributed by atoms with Gasteiger partial charge in [0.15, 0.2) is 0 Å². The minimum atomic E-state index is 0.601. The van der Waals surface area contributed by atoms with Crippen molar-refractivity contribution in [3.05, 3.63) is 232 Å². The Bertz CT molecular complexity index is 4050. The first-order valence-corrected chi connectivity index (χ1v) is 24.9. The third-order valence-corrected chi connectivity index (χ3v) is 15.0. The summed E-state index contributed by atoms with van der Waals surface area (Å²) in [6, 6.07) is 67.0. The number of hydrogen-bond donors (Lipinski definition) is 0. The highest BCUT2D eigenvalue weighted by Crippen LogP contribution is 2.43. The quantitative estimate of drug-likeness (QED) is 0.160. The fourth-order valence-corrected chi connectivity index (χ4v) is 11.5. The van der Waals surface area contributed by atoms with Gasteiger partial charge in [-0.1, -0.05) is 138 Å². The van der Waals surface area contributed by atoms with Crippen LogP contribution in [0, 0.1) is 66.7 Å². The summed E-state index contributed by atoms with van der Waals surface area (Å²) in [5, 5.41) is 15.4. The lowest BCUT2D eigenvalue weighted by Gasteiger charge is -2.17. The van der Waals surface area contributed by atoms with Gasteiger partial charge >= 0.3 is 0 Å². The highest BCUT2D eigenvalue weighted by atomic mass is 15.1. The van der Waals surface area contributed by atoms with Crippen molar-refractivity contribution in [1.82, 2.24) is 14.1 Å². The summed E-state index contributed by atoms with van der Waals surface area (Å²) in [5.74, 6) is 0.773. The maximum atomic E-state index is 10.8. The van der Waals surface area contributed by atoms with Gasteiger partial charge in [0, 0.05) is 32.7 Å². The van der Waals surface area contributed by atoms with Gasteiger partial charge in [-0.15, -0.1) is 0 Å². The Balaban J connectivity index is 1.13. The molecule has 12 aromatic rings. The molecule has 0 aliphatic heterocycles. The summed E-state index contributed by atoms with van der Waals surface area (Å²) in [7, 11) is 0. The first kappa shape index (κ1) is 44.4. The van der Waals surface area contributed by atoms with Crippen LogP contribution in [0.5, 0.6) is 0 Å². The topological polar surface area (TPSA) is 46.5 Å². The highest BCUT2D eigenvalue weighted by Gasteiger charge is 2.23.